The van der Waals surface area contributed by atoms with Crippen LogP contribution in [0, 0.1) is 0 Å². The Morgan fingerprint density at radius 2 is 0.875 bits per heavy atom. The summed E-state index contributed by atoms with van der Waals surface area (Å²) in [5, 5.41) is 0. The first-order valence-electron chi connectivity index (χ1n) is 9.23. The minimum atomic E-state index is -0.204. The van der Waals surface area contributed by atoms with Gasteiger partial charge in [0.2, 0.25) is 0 Å². The molecule has 0 saturated heterocycles. The van der Waals surface area contributed by atoms with Gasteiger partial charge in [0.15, 0.2) is 0 Å². The molecule has 0 saturated carbocycles. The van der Waals surface area contributed by atoms with Gasteiger partial charge in [0.25, 0.3) is 0 Å². The molecule has 6 heteroatoms. The van der Waals surface area contributed by atoms with Gasteiger partial charge in [0.1, 0.15) is 13.2 Å². The molecule has 142 valence electrons. The fourth-order valence-electron chi connectivity index (χ4n) is 2.28. The van der Waals surface area contributed by atoms with Crippen LogP contribution in [0.5, 0.6) is 0 Å². The summed E-state index contributed by atoms with van der Waals surface area (Å²) in [7, 11) is 0. The van der Waals surface area contributed by atoms with Gasteiger partial charge < -0.3 is 9.47 Å². The maximum absolute atomic E-state index is 11.5. The van der Waals surface area contributed by atoms with Gasteiger partial charge in [-0.15, -0.1) is 0 Å². The largest absolute Gasteiger partial charge is 0.462 e. The Bertz CT molecular complexity index is 281. The topological polar surface area (TPSA) is 52.6 Å². The summed E-state index contributed by atoms with van der Waals surface area (Å²) in [4.78, 5) is 23.0. The molecule has 0 amide bonds. The maximum atomic E-state index is 11.5. The van der Waals surface area contributed by atoms with E-state index in [9.17, 15) is 9.59 Å². The molecule has 0 aliphatic carbocycles. The lowest BCUT2D eigenvalue weighted by Crippen LogP contribution is -2.13. The number of ether oxygens (including phenoxy) is 2. The van der Waals surface area contributed by atoms with E-state index in [4.69, 9.17) is 9.47 Å². The SMILES string of the molecule is O=C(CCCCCCCS)OCCOC(=O)CCCCCCCS. The van der Waals surface area contributed by atoms with Crippen LogP contribution >= 0.6 is 25.3 Å². The monoisotopic (exact) mass is 378 g/mol. The van der Waals surface area contributed by atoms with Crippen LogP contribution in [0.2, 0.25) is 0 Å². The third-order valence-corrected chi connectivity index (χ3v) is 4.32. The Labute approximate surface area is 158 Å². The molecule has 24 heavy (non-hydrogen) atoms. The summed E-state index contributed by atoms with van der Waals surface area (Å²) >= 11 is 8.33. The van der Waals surface area contributed by atoms with Gasteiger partial charge >= 0.3 is 11.9 Å². The molecule has 0 unspecified atom stereocenters. The van der Waals surface area contributed by atoms with Crippen LogP contribution in [-0.2, 0) is 19.1 Å². The summed E-state index contributed by atoms with van der Waals surface area (Å²) in [5.41, 5.74) is 0. The first-order valence-corrected chi connectivity index (χ1v) is 10.5. The molecule has 0 spiro atoms. The average molecular weight is 379 g/mol. The van der Waals surface area contributed by atoms with E-state index in [2.05, 4.69) is 25.3 Å². The normalized spacial score (nSPS) is 10.6. The van der Waals surface area contributed by atoms with Gasteiger partial charge in [0, 0.05) is 12.8 Å². The van der Waals surface area contributed by atoms with Crippen molar-refractivity contribution in [3.63, 3.8) is 0 Å². The predicted molar refractivity (Wildman–Crippen MR) is 105 cm³/mol. The quantitative estimate of drug-likeness (QED) is 0.220. The van der Waals surface area contributed by atoms with Crippen LogP contribution in [0.3, 0.4) is 0 Å². The number of rotatable bonds is 17. The van der Waals surface area contributed by atoms with Crippen molar-refractivity contribution in [3.05, 3.63) is 0 Å². The predicted octanol–water partition coefficient (Wildman–Crippen LogP) is 4.61. The van der Waals surface area contributed by atoms with Crippen LogP contribution in [0.15, 0.2) is 0 Å². The molecule has 0 heterocycles. The van der Waals surface area contributed by atoms with Crippen molar-refractivity contribution in [1.82, 2.24) is 0 Å². The molecule has 0 N–H and O–H groups in total. The second-order valence-corrected chi connectivity index (χ2v) is 6.82. The van der Waals surface area contributed by atoms with E-state index >= 15 is 0 Å². The minimum Gasteiger partial charge on any atom is -0.462 e. The van der Waals surface area contributed by atoms with Gasteiger partial charge in [-0.3, -0.25) is 9.59 Å². The van der Waals surface area contributed by atoms with Crippen molar-refractivity contribution in [2.24, 2.45) is 0 Å². The summed E-state index contributed by atoms with van der Waals surface area (Å²) < 4.78 is 10.1. The molecule has 4 nitrogen and oxygen atoms in total. The summed E-state index contributed by atoms with van der Waals surface area (Å²) in [5.74, 6) is 1.45. The molecule has 0 aromatic carbocycles. The molecule has 0 rings (SSSR count). The average Bonchev–Trinajstić information content (AvgIpc) is 2.58. The zero-order valence-electron chi connectivity index (χ0n) is 14.8. The third kappa shape index (κ3) is 18.0. The van der Waals surface area contributed by atoms with Crippen LogP contribution < -0.4 is 0 Å². The number of carbonyl (C=O) groups is 2. The highest BCUT2D eigenvalue weighted by molar-refractivity contribution is 7.80. The van der Waals surface area contributed by atoms with Gasteiger partial charge in [-0.2, -0.15) is 25.3 Å². The van der Waals surface area contributed by atoms with Crippen LogP contribution in [0.1, 0.15) is 77.0 Å². The van der Waals surface area contributed by atoms with Crippen LogP contribution in [0.25, 0.3) is 0 Å². The summed E-state index contributed by atoms with van der Waals surface area (Å²) in [6.07, 6.45) is 11.6. The van der Waals surface area contributed by atoms with Crippen molar-refractivity contribution in [3.8, 4) is 0 Å². The highest BCUT2D eigenvalue weighted by Gasteiger charge is 2.05. The second-order valence-electron chi connectivity index (χ2n) is 5.92. The van der Waals surface area contributed by atoms with Crippen molar-refractivity contribution in [2.45, 2.75) is 77.0 Å². The van der Waals surface area contributed by atoms with Crippen molar-refractivity contribution < 1.29 is 19.1 Å². The van der Waals surface area contributed by atoms with E-state index in [0.29, 0.717) is 12.8 Å². The molecule has 0 aliphatic rings. The molecule has 0 fully saturated rings. The van der Waals surface area contributed by atoms with Crippen molar-refractivity contribution in [1.29, 1.82) is 0 Å². The lowest BCUT2D eigenvalue weighted by Gasteiger charge is -2.06. The minimum absolute atomic E-state index is 0.159. The van der Waals surface area contributed by atoms with E-state index in [0.717, 1.165) is 62.9 Å². The number of hydrogen-bond acceptors (Lipinski definition) is 6. The smallest absolute Gasteiger partial charge is 0.305 e. The molecule has 0 aliphatic heterocycles. The van der Waals surface area contributed by atoms with Gasteiger partial charge in [-0.25, -0.2) is 0 Å². The summed E-state index contributed by atoms with van der Waals surface area (Å²) in [6.45, 7) is 0.318. The van der Waals surface area contributed by atoms with Gasteiger partial charge in [0.05, 0.1) is 0 Å². The number of thiol groups is 2. The molecule has 0 atom stereocenters. The molecule has 0 bridgehead atoms. The van der Waals surface area contributed by atoms with Crippen LogP contribution in [0.4, 0.5) is 0 Å². The first-order chi connectivity index (χ1) is 11.7. The van der Waals surface area contributed by atoms with Crippen molar-refractivity contribution in [2.75, 3.05) is 24.7 Å². The molecule has 0 radical (unpaired) electrons. The number of esters is 2. The van der Waals surface area contributed by atoms with Gasteiger partial charge in [-0.1, -0.05) is 38.5 Å². The third-order valence-electron chi connectivity index (χ3n) is 3.69. The molecular formula is C18H34O4S2. The van der Waals surface area contributed by atoms with E-state index in [1.165, 1.54) is 12.8 Å². The fourth-order valence-corrected chi connectivity index (χ4v) is 2.73. The standard InChI is InChI=1S/C18H34O4S2/c19-17(11-7-3-1-5-9-15-23)21-13-14-22-18(20)12-8-4-2-6-10-16-24/h23-24H,1-16H2. The molecular weight excluding hydrogens is 344 g/mol. The van der Waals surface area contributed by atoms with E-state index < -0.39 is 0 Å². The highest BCUT2D eigenvalue weighted by Crippen LogP contribution is 2.08. The fraction of sp³-hybridized carbons (Fsp3) is 0.889. The Morgan fingerprint density at radius 1 is 0.542 bits per heavy atom. The number of unbranched alkanes of at least 4 members (excludes halogenated alkanes) is 8. The lowest BCUT2D eigenvalue weighted by molar-refractivity contribution is -0.152. The Kier molecular flexibility index (Phi) is 18.7. The molecule has 0 aromatic rings. The molecule has 0 aromatic heterocycles. The van der Waals surface area contributed by atoms with E-state index in [1.807, 2.05) is 0 Å². The summed E-state index contributed by atoms with van der Waals surface area (Å²) in [6, 6.07) is 0. The Hall–Kier alpha value is -0.360. The lowest BCUT2D eigenvalue weighted by atomic mass is 10.1. The van der Waals surface area contributed by atoms with Crippen molar-refractivity contribution >= 4 is 37.2 Å². The second kappa shape index (κ2) is 19.0. The number of carbonyl (C=O) groups excluding carboxylic acids is 2. The highest BCUT2D eigenvalue weighted by atomic mass is 32.1. The van der Waals surface area contributed by atoms with Gasteiger partial charge in [-0.05, 0) is 37.2 Å². The number of hydrogen-bond donors (Lipinski definition) is 2. The van der Waals surface area contributed by atoms with Crippen LogP contribution in [-0.4, -0.2) is 36.7 Å². The Morgan fingerprint density at radius 3 is 1.25 bits per heavy atom. The zero-order chi connectivity index (χ0) is 17.9. The Balaban J connectivity index is 3.31. The van der Waals surface area contributed by atoms with E-state index in [-0.39, 0.29) is 25.2 Å². The first kappa shape index (κ1) is 23.6. The van der Waals surface area contributed by atoms with E-state index in [1.54, 1.807) is 0 Å². The maximum Gasteiger partial charge on any atom is 0.305 e. The zero-order valence-corrected chi connectivity index (χ0v) is 16.6.